The minimum Gasteiger partial charge on any atom is -0.465 e. The van der Waals surface area contributed by atoms with Crippen molar-refractivity contribution in [3.63, 3.8) is 0 Å². The van der Waals surface area contributed by atoms with Crippen molar-refractivity contribution in [1.29, 1.82) is 0 Å². The van der Waals surface area contributed by atoms with Crippen molar-refractivity contribution in [3.05, 3.63) is 0 Å². The van der Waals surface area contributed by atoms with Crippen LogP contribution in [0, 0.1) is 0 Å². The van der Waals surface area contributed by atoms with Crippen molar-refractivity contribution in [2.24, 2.45) is 0 Å². The predicted molar refractivity (Wildman–Crippen MR) is 152 cm³/mol. The van der Waals surface area contributed by atoms with E-state index in [1.165, 1.54) is 103 Å². The van der Waals surface area contributed by atoms with E-state index >= 15 is 0 Å². The quantitative estimate of drug-likeness (QED) is 0.0674. The lowest BCUT2D eigenvalue weighted by Crippen LogP contribution is -2.25. The molecule has 0 saturated carbocycles. The minimum absolute atomic E-state index is 0.215. The molecular weight excluding hydrogens is 439 g/mol. The second kappa shape index (κ2) is 24.4. The van der Waals surface area contributed by atoms with Gasteiger partial charge in [-0.1, -0.05) is 136 Å². The van der Waals surface area contributed by atoms with Gasteiger partial charge < -0.3 is 9.30 Å². The van der Waals surface area contributed by atoms with Gasteiger partial charge in [0.1, 0.15) is 12.8 Å². The molecule has 0 spiro atoms. The number of carbonyl (C=O) groups excluding carboxylic acids is 1. The van der Waals surface area contributed by atoms with Gasteiger partial charge in [-0.25, -0.2) is 0 Å². The maximum absolute atomic E-state index is 14.0. The number of hydrogen-bond acceptors (Lipinski definition) is 3. The number of ether oxygens (including phenoxy) is 1. The lowest BCUT2D eigenvalue weighted by molar-refractivity contribution is -0.142. The molecule has 0 aromatic rings. The molecule has 0 aliphatic rings. The van der Waals surface area contributed by atoms with E-state index in [1.54, 1.807) is 0 Å². The fourth-order valence-corrected chi connectivity index (χ4v) is 8.58. The zero-order valence-electron chi connectivity index (χ0n) is 23.7. The van der Waals surface area contributed by atoms with Crippen LogP contribution in [0.5, 0.6) is 0 Å². The predicted octanol–water partition coefficient (Wildman–Crippen LogP) is 10.5. The standard InChI is InChI=1S/C30H61O3P/c1-5-9-11-13-15-17-19-21-23-25-27-34(32,29(7-3)30(31)33-8-4)28-26-24-22-20-18-16-14-12-10-6-2/h29H,5-28H2,1-4H3. The monoisotopic (exact) mass is 500 g/mol. The topological polar surface area (TPSA) is 43.4 Å². The van der Waals surface area contributed by atoms with Crippen LogP contribution in [-0.4, -0.2) is 30.6 Å². The van der Waals surface area contributed by atoms with Crippen molar-refractivity contribution in [2.75, 3.05) is 18.9 Å². The lowest BCUT2D eigenvalue weighted by Gasteiger charge is -2.26. The van der Waals surface area contributed by atoms with E-state index in [9.17, 15) is 9.36 Å². The SMILES string of the molecule is CCCCCCCCCCCCP(=O)(CCCCCCCCCCCC)C(CC)C(=O)OCC. The Balaban J connectivity index is 4.34. The van der Waals surface area contributed by atoms with Crippen LogP contribution >= 0.6 is 7.14 Å². The smallest absolute Gasteiger partial charge is 0.316 e. The zero-order valence-corrected chi connectivity index (χ0v) is 24.6. The molecule has 3 nitrogen and oxygen atoms in total. The molecule has 204 valence electrons. The lowest BCUT2D eigenvalue weighted by atomic mass is 10.1. The first-order valence-corrected chi connectivity index (χ1v) is 17.4. The number of hydrogen-bond donors (Lipinski definition) is 0. The molecule has 0 radical (unpaired) electrons. The van der Waals surface area contributed by atoms with Crippen LogP contribution < -0.4 is 0 Å². The van der Waals surface area contributed by atoms with Gasteiger partial charge >= 0.3 is 5.97 Å². The summed E-state index contributed by atoms with van der Waals surface area (Å²) in [4.78, 5) is 12.6. The first kappa shape index (κ1) is 33.7. The molecule has 0 amide bonds. The van der Waals surface area contributed by atoms with E-state index < -0.39 is 7.14 Å². The van der Waals surface area contributed by atoms with E-state index in [-0.39, 0.29) is 11.6 Å². The van der Waals surface area contributed by atoms with Crippen molar-refractivity contribution in [3.8, 4) is 0 Å². The number of esters is 1. The van der Waals surface area contributed by atoms with Gasteiger partial charge in [0, 0.05) is 12.3 Å². The molecule has 0 aliphatic carbocycles. The van der Waals surface area contributed by atoms with Crippen LogP contribution in [0.25, 0.3) is 0 Å². The highest BCUT2D eigenvalue weighted by Crippen LogP contribution is 2.54. The number of unbranched alkanes of at least 4 members (excludes halogenated alkanes) is 18. The van der Waals surface area contributed by atoms with E-state index in [2.05, 4.69) is 13.8 Å². The van der Waals surface area contributed by atoms with Gasteiger partial charge in [-0.15, -0.1) is 0 Å². The van der Waals surface area contributed by atoms with Crippen LogP contribution in [-0.2, 0) is 14.1 Å². The Morgan fingerprint density at radius 3 is 1.18 bits per heavy atom. The summed E-state index contributed by atoms with van der Waals surface area (Å²) < 4.78 is 19.4. The van der Waals surface area contributed by atoms with Gasteiger partial charge in [0.25, 0.3) is 0 Å². The second-order valence-electron chi connectivity index (χ2n) is 10.4. The third-order valence-corrected chi connectivity index (χ3v) is 11.2. The maximum Gasteiger partial charge on any atom is 0.316 e. The molecule has 4 heteroatoms. The molecule has 0 saturated heterocycles. The average Bonchev–Trinajstić information content (AvgIpc) is 2.82. The third-order valence-electron chi connectivity index (χ3n) is 7.29. The molecule has 0 aliphatic heterocycles. The molecular formula is C30H61O3P. The molecule has 0 bridgehead atoms. The molecule has 0 rings (SSSR count). The Bertz CT molecular complexity index is 463. The summed E-state index contributed by atoms with van der Waals surface area (Å²) in [6.07, 6.45) is 27.7. The van der Waals surface area contributed by atoms with Crippen LogP contribution in [0.1, 0.15) is 163 Å². The van der Waals surface area contributed by atoms with Gasteiger partial charge in [-0.05, 0) is 26.2 Å². The van der Waals surface area contributed by atoms with Crippen molar-refractivity contribution < 1.29 is 14.1 Å². The van der Waals surface area contributed by atoms with Gasteiger partial charge in [0.05, 0.1) is 6.61 Å². The average molecular weight is 501 g/mol. The van der Waals surface area contributed by atoms with Crippen LogP contribution in [0.4, 0.5) is 0 Å². The highest BCUT2D eigenvalue weighted by atomic mass is 31.2. The van der Waals surface area contributed by atoms with Crippen molar-refractivity contribution in [2.45, 2.75) is 168 Å². The summed E-state index contributed by atoms with van der Waals surface area (Å²) >= 11 is 0. The van der Waals surface area contributed by atoms with Crippen LogP contribution in [0.3, 0.4) is 0 Å². The fraction of sp³-hybridized carbons (Fsp3) is 0.967. The summed E-state index contributed by atoms with van der Waals surface area (Å²) in [5, 5.41) is 0. The Labute approximate surface area is 214 Å². The fourth-order valence-electron chi connectivity index (χ4n) is 5.09. The summed E-state index contributed by atoms with van der Waals surface area (Å²) in [5.41, 5.74) is -0.385. The van der Waals surface area contributed by atoms with E-state index in [1.807, 2.05) is 13.8 Å². The van der Waals surface area contributed by atoms with Gasteiger partial charge in [-0.3, -0.25) is 4.79 Å². The highest BCUT2D eigenvalue weighted by Gasteiger charge is 2.37. The Hall–Kier alpha value is -0.300. The Morgan fingerprint density at radius 2 is 0.882 bits per heavy atom. The Morgan fingerprint density at radius 1 is 0.559 bits per heavy atom. The molecule has 0 aromatic carbocycles. The molecule has 0 aromatic heterocycles. The molecule has 0 heterocycles. The summed E-state index contributed by atoms with van der Waals surface area (Å²) in [7, 11) is -2.54. The number of rotatable bonds is 26. The number of carbonyl (C=O) groups is 1. The highest BCUT2D eigenvalue weighted by molar-refractivity contribution is 7.65. The molecule has 1 unspecified atom stereocenters. The summed E-state index contributed by atoms with van der Waals surface area (Å²) in [6.45, 7) is 8.76. The molecule has 34 heavy (non-hydrogen) atoms. The zero-order chi connectivity index (χ0) is 25.3. The molecule has 1 atom stereocenters. The summed E-state index contributed by atoms with van der Waals surface area (Å²) in [5.74, 6) is -0.215. The van der Waals surface area contributed by atoms with Crippen molar-refractivity contribution >= 4 is 13.1 Å². The van der Waals surface area contributed by atoms with Gasteiger partial charge in [0.15, 0.2) is 0 Å². The van der Waals surface area contributed by atoms with E-state index in [0.717, 1.165) is 38.0 Å². The molecule has 0 N–H and O–H groups in total. The second-order valence-corrected chi connectivity index (χ2v) is 13.9. The first-order valence-electron chi connectivity index (χ1n) is 15.3. The largest absolute Gasteiger partial charge is 0.465 e. The minimum atomic E-state index is -2.54. The maximum atomic E-state index is 14.0. The van der Waals surface area contributed by atoms with E-state index in [0.29, 0.717) is 13.0 Å². The first-order chi connectivity index (χ1) is 16.6. The van der Waals surface area contributed by atoms with E-state index in [4.69, 9.17) is 4.74 Å². The van der Waals surface area contributed by atoms with Crippen LogP contribution in [0.2, 0.25) is 0 Å². The normalized spacial score (nSPS) is 12.7. The Kier molecular flexibility index (Phi) is 24.2. The van der Waals surface area contributed by atoms with Crippen molar-refractivity contribution in [1.82, 2.24) is 0 Å². The third kappa shape index (κ3) is 18.0. The molecule has 0 fully saturated rings. The van der Waals surface area contributed by atoms with Gasteiger partial charge in [0.2, 0.25) is 0 Å². The van der Waals surface area contributed by atoms with Crippen LogP contribution in [0.15, 0.2) is 0 Å². The van der Waals surface area contributed by atoms with Gasteiger partial charge in [-0.2, -0.15) is 0 Å². The summed E-state index contributed by atoms with van der Waals surface area (Å²) in [6, 6.07) is 0.